The first-order valence-electron chi connectivity index (χ1n) is 11.3. The first-order valence-corrected chi connectivity index (χ1v) is 11.7. The van der Waals surface area contributed by atoms with E-state index in [4.69, 9.17) is 21.1 Å². The summed E-state index contributed by atoms with van der Waals surface area (Å²) in [7, 11) is 1.47. The number of methoxy groups -OCH3 is 1. The molecule has 36 heavy (non-hydrogen) atoms. The van der Waals surface area contributed by atoms with E-state index in [9.17, 15) is 19.1 Å². The lowest BCUT2D eigenvalue weighted by Crippen LogP contribution is -2.29. The van der Waals surface area contributed by atoms with E-state index in [2.05, 4.69) is 0 Å². The second-order valence-electron chi connectivity index (χ2n) is 8.74. The number of ether oxygens (including phenoxy) is 2. The van der Waals surface area contributed by atoms with Gasteiger partial charge in [-0.2, -0.15) is 0 Å². The molecule has 0 aliphatic carbocycles. The molecule has 4 rings (SSSR count). The molecule has 1 aliphatic rings. The van der Waals surface area contributed by atoms with Crippen LogP contribution in [0.15, 0.2) is 72.3 Å². The van der Waals surface area contributed by atoms with Crippen LogP contribution in [0.5, 0.6) is 11.5 Å². The van der Waals surface area contributed by atoms with Crippen LogP contribution in [0.25, 0.3) is 5.76 Å². The van der Waals surface area contributed by atoms with Gasteiger partial charge in [-0.05, 0) is 54.4 Å². The standard InChI is InChI=1S/C28H25ClFNO5/c1-16(2)15-36-19-11-8-17(9-12-19)26(32)24-25(20-6-4-5-7-23(20)35-3)31(28(34)27(24)33)18-10-13-22(30)21(29)14-18/h4-14,16,25,32H,15H2,1-3H3/b26-24+. The predicted octanol–water partition coefficient (Wildman–Crippen LogP) is 6.15. The average molecular weight is 510 g/mol. The molecule has 0 bridgehead atoms. The summed E-state index contributed by atoms with van der Waals surface area (Å²) < 4.78 is 25.1. The van der Waals surface area contributed by atoms with Gasteiger partial charge in [0.25, 0.3) is 11.7 Å². The Morgan fingerprint density at radius 2 is 1.78 bits per heavy atom. The van der Waals surface area contributed by atoms with Crippen molar-refractivity contribution in [1.82, 2.24) is 0 Å². The van der Waals surface area contributed by atoms with Gasteiger partial charge >= 0.3 is 0 Å². The summed E-state index contributed by atoms with van der Waals surface area (Å²) >= 11 is 5.99. The van der Waals surface area contributed by atoms with E-state index in [1.807, 2.05) is 13.8 Å². The highest BCUT2D eigenvalue weighted by molar-refractivity contribution is 6.52. The van der Waals surface area contributed by atoms with Crippen LogP contribution in [0.3, 0.4) is 0 Å². The molecule has 0 saturated carbocycles. The third kappa shape index (κ3) is 4.79. The lowest BCUT2D eigenvalue weighted by molar-refractivity contribution is -0.132. The highest BCUT2D eigenvalue weighted by atomic mass is 35.5. The zero-order valence-corrected chi connectivity index (χ0v) is 20.8. The summed E-state index contributed by atoms with van der Waals surface area (Å²) in [6, 6.07) is 16.2. The molecule has 1 saturated heterocycles. The zero-order valence-electron chi connectivity index (χ0n) is 20.0. The van der Waals surface area contributed by atoms with Crippen molar-refractivity contribution in [2.24, 2.45) is 5.92 Å². The van der Waals surface area contributed by atoms with Crippen molar-refractivity contribution in [1.29, 1.82) is 0 Å². The number of nitrogens with zero attached hydrogens (tertiary/aromatic N) is 1. The largest absolute Gasteiger partial charge is 0.507 e. The van der Waals surface area contributed by atoms with Crippen LogP contribution >= 0.6 is 11.6 Å². The Morgan fingerprint density at radius 1 is 1.08 bits per heavy atom. The van der Waals surface area contributed by atoms with Crippen molar-refractivity contribution in [3.63, 3.8) is 0 Å². The summed E-state index contributed by atoms with van der Waals surface area (Å²) in [4.78, 5) is 27.8. The molecule has 1 amide bonds. The van der Waals surface area contributed by atoms with Crippen molar-refractivity contribution < 1.29 is 28.6 Å². The molecule has 0 spiro atoms. The predicted molar refractivity (Wildman–Crippen MR) is 136 cm³/mol. The zero-order chi connectivity index (χ0) is 26.0. The fourth-order valence-corrected chi connectivity index (χ4v) is 4.22. The molecule has 3 aromatic carbocycles. The normalized spacial score (nSPS) is 17.1. The summed E-state index contributed by atoms with van der Waals surface area (Å²) in [5, 5.41) is 11.1. The Hall–Kier alpha value is -3.84. The maximum atomic E-state index is 13.9. The van der Waals surface area contributed by atoms with Gasteiger partial charge in [-0.3, -0.25) is 14.5 Å². The van der Waals surface area contributed by atoms with Crippen LogP contribution in [0, 0.1) is 11.7 Å². The summed E-state index contributed by atoms with van der Waals surface area (Å²) in [5.74, 6) is -1.42. The maximum absolute atomic E-state index is 13.9. The smallest absolute Gasteiger partial charge is 0.300 e. The van der Waals surface area contributed by atoms with Gasteiger partial charge in [0.05, 0.1) is 30.4 Å². The Bertz CT molecular complexity index is 1340. The number of para-hydroxylation sites is 1. The van der Waals surface area contributed by atoms with Crippen LogP contribution < -0.4 is 14.4 Å². The van der Waals surface area contributed by atoms with Gasteiger partial charge in [0.15, 0.2) is 0 Å². The van der Waals surface area contributed by atoms with E-state index < -0.39 is 23.5 Å². The lowest BCUT2D eigenvalue weighted by Gasteiger charge is -2.26. The second kappa shape index (κ2) is 10.4. The molecule has 1 N–H and O–H groups in total. The molecule has 186 valence electrons. The second-order valence-corrected chi connectivity index (χ2v) is 9.15. The van der Waals surface area contributed by atoms with Crippen LogP contribution in [0.2, 0.25) is 5.02 Å². The highest BCUT2D eigenvalue weighted by Crippen LogP contribution is 2.45. The van der Waals surface area contributed by atoms with Crippen molar-refractivity contribution in [3.8, 4) is 11.5 Å². The third-order valence-electron chi connectivity index (χ3n) is 5.77. The van der Waals surface area contributed by atoms with E-state index in [0.29, 0.717) is 35.2 Å². The highest BCUT2D eigenvalue weighted by Gasteiger charge is 2.48. The molecule has 1 unspecified atom stereocenters. The Labute approximate surface area is 213 Å². The number of Topliss-reactive ketones (excluding diaryl/α,β-unsaturated/α-hetero) is 1. The molecule has 3 aromatic rings. The molecule has 6 nitrogen and oxygen atoms in total. The molecule has 1 aliphatic heterocycles. The SMILES string of the molecule is COc1ccccc1C1/C(=C(\O)c2ccc(OCC(C)C)cc2)C(=O)C(=O)N1c1ccc(F)c(Cl)c1. The van der Waals surface area contributed by atoms with Gasteiger partial charge in [0.2, 0.25) is 0 Å². The summed E-state index contributed by atoms with van der Waals surface area (Å²) in [5.41, 5.74) is 0.886. The number of halogens is 2. The van der Waals surface area contributed by atoms with Crippen LogP contribution in [0.1, 0.15) is 31.0 Å². The number of amides is 1. The van der Waals surface area contributed by atoms with E-state index in [1.54, 1.807) is 48.5 Å². The molecule has 1 heterocycles. The number of anilines is 1. The monoisotopic (exact) mass is 509 g/mol. The quantitative estimate of drug-likeness (QED) is 0.235. The number of carbonyl (C=O) groups is 2. The van der Waals surface area contributed by atoms with Gasteiger partial charge in [0, 0.05) is 16.8 Å². The van der Waals surface area contributed by atoms with E-state index in [1.165, 1.54) is 24.1 Å². The fraction of sp³-hybridized carbons (Fsp3) is 0.214. The summed E-state index contributed by atoms with van der Waals surface area (Å²) in [6.07, 6.45) is 0. The van der Waals surface area contributed by atoms with Gasteiger partial charge in [-0.15, -0.1) is 0 Å². The van der Waals surface area contributed by atoms with Crippen LogP contribution in [0.4, 0.5) is 10.1 Å². The van der Waals surface area contributed by atoms with E-state index in [0.717, 1.165) is 6.07 Å². The average Bonchev–Trinajstić information content (AvgIpc) is 3.14. The minimum Gasteiger partial charge on any atom is -0.507 e. The first kappa shape index (κ1) is 25.3. The topological polar surface area (TPSA) is 76.1 Å². The minimum atomic E-state index is -1.04. The maximum Gasteiger partial charge on any atom is 0.300 e. The number of rotatable bonds is 7. The number of aliphatic hydroxyl groups is 1. The molecular weight excluding hydrogens is 485 g/mol. The van der Waals surface area contributed by atoms with Crippen molar-refractivity contribution in [3.05, 3.63) is 94.3 Å². The van der Waals surface area contributed by atoms with Crippen molar-refractivity contribution in [2.45, 2.75) is 19.9 Å². The van der Waals surface area contributed by atoms with Gasteiger partial charge in [-0.1, -0.05) is 43.6 Å². The summed E-state index contributed by atoms with van der Waals surface area (Å²) in [6.45, 7) is 4.60. The molecule has 1 atom stereocenters. The van der Waals surface area contributed by atoms with Gasteiger partial charge < -0.3 is 14.6 Å². The molecule has 1 fully saturated rings. The molecular formula is C28H25ClFNO5. The van der Waals surface area contributed by atoms with E-state index >= 15 is 0 Å². The number of aliphatic hydroxyl groups excluding tert-OH is 1. The molecule has 8 heteroatoms. The number of ketones is 1. The number of hydrogen-bond acceptors (Lipinski definition) is 5. The number of benzene rings is 3. The first-order chi connectivity index (χ1) is 17.2. The van der Waals surface area contributed by atoms with Gasteiger partial charge in [0.1, 0.15) is 23.1 Å². The van der Waals surface area contributed by atoms with Crippen molar-refractivity contribution >= 4 is 34.7 Å². The number of carbonyl (C=O) groups excluding carboxylic acids is 2. The minimum absolute atomic E-state index is 0.124. The number of hydrogen-bond donors (Lipinski definition) is 1. The molecule has 0 radical (unpaired) electrons. The van der Waals surface area contributed by atoms with Crippen LogP contribution in [-0.2, 0) is 9.59 Å². The van der Waals surface area contributed by atoms with Crippen LogP contribution in [-0.4, -0.2) is 30.5 Å². The Kier molecular flexibility index (Phi) is 7.31. The Morgan fingerprint density at radius 3 is 2.42 bits per heavy atom. The Balaban J connectivity index is 1.87. The third-order valence-corrected chi connectivity index (χ3v) is 6.06. The molecule has 0 aromatic heterocycles. The van der Waals surface area contributed by atoms with E-state index in [-0.39, 0.29) is 22.0 Å². The lowest BCUT2D eigenvalue weighted by atomic mass is 9.94. The van der Waals surface area contributed by atoms with Crippen molar-refractivity contribution in [2.75, 3.05) is 18.6 Å². The fourth-order valence-electron chi connectivity index (χ4n) is 4.05. The van der Waals surface area contributed by atoms with Gasteiger partial charge in [-0.25, -0.2) is 4.39 Å².